The highest BCUT2D eigenvalue weighted by Gasteiger charge is 2.54. The molecule has 0 aliphatic heterocycles. The van der Waals surface area contributed by atoms with Crippen LogP contribution in [0, 0.1) is 11.3 Å². The second kappa shape index (κ2) is 2.62. The first kappa shape index (κ1) is 8.52. The van der Waals surface area contributed by atoms with Crippen LogP contribution in [-0.2, 0) is 6.42 Å². The van der Waals surface area contributed by atoms with E-state index in [-0.39, 0.29) is 0 Å². The van der Waals surface area contributed by atoms with E-state index in [9.17, 15) is 0 Å². The van der Waals surface area contributed by atoms with Crippen LogP contribution in [0.5, 0.6) is 0 Å². The minimum atomic E-state index is 0.692. The minimum Gasteiger partial charge on any atom is -0.0622 e. The Hall–Kier alpha value is -0.780. The van der Waals surface area contributed by atoms with Crippen LogP contribution in [0.4, 0.5) is 0 Å². The summed E-state index contributed by atoms with van der Waals surface area (Å²) in [5.74, 6) is 1.65. The van der Waals surface area contributed by atoms with Crippen molar-refractivity contribution in [3.63, 3.8) is 0 Å². The number of fused-ring (bicyclic) bond motifs is 1. The molecule has 14 heavy (non-hydrogen) atoms. The lowest BCUT2D eigenvalue weighted by Crippen LogP contribution is -2.14. The lowest BCUT2D eigenvalue weighted by molar-refractivity contribution is 0.347. The van der Waals surface area contributed by atoms with E-state index >= 15 is 0 Å². The number of rotatable bonds is 1. The molecule has 0 heterocycles. The van der Waals surface area contributed by atoms with E-state index in [1.54, 1.807) is 11.1 Å². The molecule has 1 spiro atoms. The van der Waals surface area contributed by atoms with Crippen LogP contribution in [0.15, 0.2) is 24.3 Å². The van der Waals surface area contributed by atoms with Crippen molar-refractivity contribution in [1.82, 2.24) is 0 Å². The summed E-state index contributed by atoms with van der Waals surface area (Å²) in [4.78, 5) is 0. The maximum Gasteiger partial charge on any atom is -0.00763 e. The Morgan fingerprint density at radius 2 is 1.93 bits per heavy atom. The quantitative estimate of drug-likeness (QED) is 0.626. The lowest BCUT2D eigenvalue weighted by Gasteiger charge is -2.23. The maximum absolute atomic E-state index is 2.38. The normalized spacial score (nSPS) is 26.9. The maximum atomic E-state index is 2.38. The standard InChI is InChI=1S/C14H18/c1-10(2)13-12-6-4-3-5-11(12)9-14(13)7-8-14/h3-6,10,13H,7-9H2,1-2H3. The Morgan fingerprint density at radius 1 is 1.21 bits per heavy atom. The minimum absolute atomic E-state index is 0.692. The third-order valence-corrected chi connectivity index (χ3v) is 4.15. The Kier molecular flexibility index (Phi) is 1.60. The summed E-state index contributed by atoms with van der Waals surface area (Å²) < 4.78 is 0. The van der Waals surface area contributed by atoms with Crippen LogP contribution < -0.4 is 0 Å². The molecule has 0 N–H and O–H groups in total. The Bertz CT molecular complexity index is 358. The molecule has 0 saturated heterocycles. The van der Waals surface area contributed by atoms with Gasteiger partial charge in [-0.3, -0.25) is 0 Å². The molecule has 1 unspecified atom stereocenters. The molecule has 2 aliphatic carbocycles. The van der Waals surface area contributed by atoms with Crippen molar-refractivity contribution in [3.05, 3.63) is 35.4 Å². The van der Waals surface area contributed by atoms with Crippen LogP contribution in [0.3, 0.4) is 0 Å². The summed E-state index contributed by atoms with van der Waals surface area (Å²) in [5.41, 5.74) is 3.97. The number of benzene rings is 1. The summed E-state index contributed by atoms with van der Waals surface area (Å²) in [6.07, 6.45) is 4.28. The largest absolute Gasteiger partial charge is 0.0622 e. The van der Waals surface area contributed by atoms with E-state index < -0.39 is 0 Å². The van der Waals surface area contributed by atoms with E-state index in [1.165, 1.54) is 19.3 Å². The molecule has 3 rings (SSSR count). The molecule has 0 radical (unpaired) electrons. The van der Waals surface area contributed by atoms with Gasteiger partial charge in [-0.15, -0.1) is 0 Å². The molecule has 0 nitrogen and oxygen atoms in total. The highest BCUT2D eigenvalue weighted by Crippen LogP contribution is 2.65. The molecule has 1 aromatic rings. The van der Waals surface area contributed by atoms with Crippen molar-refractivity contribution < 1.29 is 0 Å². The highest BCUT2D eigenvalue weighted by atomic mass is 14.6. The van der Waals surface area contributed by atoms with Crippen LogP contribution in [0.25, 0.3) is 0 Å². The lowest BCUT2D eigenvalue weighted by atomic mass is 9.81. The number of hydrogen-bond donors (Lipinski definition) is 0. The van der Waals surface area contributed by atoms with Gasteiger partial charge in [0, 0.05) is 0 Å². The predicted molar refractivity (Wildman–Crippen MR) is 59.4 cm³/mol. The van der Waals surface area contributed by atoms with E-state index in [4.69, 9.17) is 0 Å². The zero-order valence-corrected chi connectivity index (χ0v) is 9.09. The Morgan fingerprint density at radius 3 is 2.57 bits per heavy atom. The molecular weight excluding hydrogens is 168 g/mol. The monoisotopic (exact) mass is 186 g/mol. The van der Waals surface area contributed by atoms with Gasteiger partial charge in [0.25, 0.3) is 0 Å². The second-order valence-corrected chi connectivity index (χ2v) is 5.46. The van der Waals surface area contributed by atoms with Crippen molar-refractivity contribution in [2.45, 2.75) is 39.0 Å². The first-order valence-electron chi connectivity index (χ1n) is 5.81. The summed E-state index contributed by atoms with van der Waals surface area (Å²) in [6, 6.07) is 9.08. The first-order valence-corrected chi connectivity index (χ1v) is 5.81. The van der Waals surface area contributed by atoms with E-state index in [0.717, 1.165) is 11.8 Å². The average Bonchev–Trinajstić information content (AvgIpc) is 2.81. The molecule has 1 saturated carbocycles. The fourth-order valence-electron chi connectivity index (χ4n) is 3.53. The van der Waals surface area contributed by atoms with Gasteiger partial charge in [0.2, 0.25) is 0 Å². The Labute approximate surface area is 86.3 Å². The summed E-state index contributed by atoms with van der Waals surface area (Å²) in [7, 11) is 0. The molecule has 74 valence electrons. The molecule has 0 amide bonds. The van der Waals surface area contributed by atoms with Gasteiger partial charge in [-0.2, -0.15) is 0 Å². The fourth-order valence-corrected chi connectivity index (χ4v) is 3.53. The summed E-state index contributed by atoms with van der Waals surface area (Å²) in [6.45, 7) is 4.76. The topological polar surface area (TPSA) is 0 Å². The van der Waals surface area contributed by atoms with E-state index in [1.807, 2.05) is 0 Å². The van der Waals surface area contributed by atoms with Crippen LogP contribution >= 0.6 is 0 Å². The van der Waals surface area contributed by atoms with E-state index in [0.29, 0.717) is 5.41 Å². The van der Waals surface area contributed by atoms with Gasteiger partial charge in [0.05, 0.1) is 0 Å². The van der Waals surface area contributed by atoms with Gasteiger partial charge < -0.3 is 0 Å². The van der Waals surface area contributed by atoms with Gasteiger partial charge >= 0.3 is 0 Å². The van der Waals surface area contributed by atoms with Crippen LogP contribution in [-0.4, -0.2) is 0 Å². The Balaban J connectivity index is 2.09. The zero-order chi connectivity index (χ0) is 9.76. The molecule has 1 aromatic carbocycles. The van der Waals surface area contributed by atoms with Gasteiger partial charge in [-0.05, 0) is 47.6 Å². The van der Waals surface area contributed by atoms with Gasteiger partial charge in [0.1, 0.15) is 0 Å². The molecule has 0 aromatic heterocycles. The molecule has 1 fully saturated rings. The third-order valence-electron chi connectivity index (χ3n) is 4.15. The van der Waals surface area contributed by atoms with Gasteiger partial charge in [0.15, 0.2) is 0 Å². The molecular formula is C14H18. The average molecular weight is 186 g/mol. The third kappa shape index (κ3) is 1.00. The SMILES string of the molecule is CC(C)C1c2ccccc2CC12CC2. The first-order chi connectivity index (χ1) is 6.73. The molecule has 0 bridgehead atoms. The molecule has 1 atom stereocenters. The smallest absolute Gasteiger partial charge is 0.00763 e. The van der Waals surface area contributed by atoms with Crippen molar-refractivity contribution >= 4 is 0 Å². The molecule has 2 aliphatic rings. The van der Waals surface area contributed by atoms with Crippen molar-refractivity contribution in [2.24, 2.45) is 11.3 Å². The van der Waals surface area contributed by atoms with Crippen molar-refractivity contribution in [1.29, 1.82) is 0 Å². The molecule has 0 heteroatoms. The van der Waals surface area contributed by atoms with Crippen molar-refractivity contribution in [3.8, 4) is 0 Å². The zero-order valence-electron chi connectivity index (χ0n) is 9.09. The van der Waals surface area contributed by atoms with Crippen molar-refractivity contribution in [2.75, 3.05) is 0 Å². The second-order valence-electron chi connectivity index (χ2n) is 5.46. The summed E-state index contributed by atoms with van der Waals surface area (Å²) >= 11 is 0. The summed E-state index contributed by atoms with van der Waals surface area (Å²) in [5, 5.41) is 0. The fraction of sp³-hybridized carbons (Fsp3) is 0.571. The predicted octanol–water partition coefficient (Wildman–Crippen LogP) is 3.76. The van der Waals surface area contributed by atoms with Crippen LogP contribution in [0.2, 0.25) is 0 Å². The van der Waals surface area contributed by atoms with Crippen LogP contribution in [0.1, 0.15) is 43.7 Å². The van der Waals surface area contributed by atoms with Gasteiger partial charge in [-0.25, -0.2) is 0 Å². The highest BCUT2D eigenvalue weighted by molar-refractivity contribution is 5.41. The van der Waals surface area contributed by atoms with Gasteiger partial charge in [-0.1, -0.05) is 38.1 Å². The number of hydrogen-bond acceptors (Lipinski definition) is 0. The van der Waals surface area contributed by atoms with E-state index in [2.05, 4.69) is 38.1 Å².